The second kappa shape index (κ2) is 14.7. The molecule has 1 atom stereocenters. The first-order chi connectivity index (χ1) is 22.2. The molecule has 3 N–H and O–H groups in total. The first kappa shape index (κ1) is 32.2. The molecule has 5 rings (SSSR count). The third-order valence-corrected chi connectivity index (χ3v) is 9.10. The number of carbonyl (C=O) groups excluding carboxylic acids is 3. The summed E-state index contributed by atoms with van der Waals surface area (Å²) in [5, 5.41) is 16.7. The fourth-order valence-corrected chi connectivity index (χ4v) is 6.77. The van der Waals surface area contributed by atoms with Crippen LogP contribution in [0.2, 0.25) is 0 Å². The summed E-state index contributed by atoms with van der Waals surface area (Å²) in [4.78, 5) is 52.4. The van der Waals surface area contributed by atoms with Crippen LogP contribution in [0.25, 0.3) is 11.1 Å². The molecule has 4 aromatic carbocycles. The van der Waals surface area contributed by atoms with Crippen molar-refractivity contribution >= 4 is 57.5 Å². The third-order valence-electron chi connectivity index (χ3n) is 6.96. The first-order valence-electron chi connectivity index (χ1n) is 14.4. The second-order valence-corrected chi connectivity index (χ2v) is 12.2. The van der Waals surface area contributed by atoms with E-state index in [0.29, 0.717) is 26.7 Å². The van der Waals surface area contributed by atoms with E-state index in [1.54, 1.807) is 37.3 Å². The number of aromatic carboxylic acids is 1. The van der Waals surface area contributed by atoms with E-state index in [1.165, 1.54) is 35.2 Å². The SMILES string of the molecule is CCOC(=O)c1c(-c2ccc(C)cc2)csc1NC(=O)C(Sc1cccc(NC(=O)c2ccccc2C(=O)O)c1)c1ccccc1. The van der Waals surface area contributed by atoms with Crippen molar-refractivity contribution in [2.75, 3.05) is 17.2 Å². The number of benzene rings is 4. The molecule has 2 amide bonds. The second-order valence-electron chi connectivity index (χ2n) is 10.2. The quantitative estimate of drug-likeness (QED) is 0.0971. The Hall–Kier alpha value is -5.19. The molecule has 10 heteroatoms. The zero-order chi connectivity index (χ0) is 32.6. The summed E-state index contributed by atoms with van der Waals surface area (Å²) in [7, 11) is 0. The van der Waals surface area contributed by atoms with Crippen molar-refractivity contribution < 1.29 is 29.0 Å². The summed E-state index contributed by atoms with van der Waals surface area (Å²) >= 11 is 2.53. The van der Waals surface area contributed by atoms with Crippen LogP contribution in [0.3, 0.4) is 0 Å². The molecule has 0 bridgehead atoms. The maximum atomic E-state index is 14.0. The van der Waals surface area contributed by atoms with E-state index < -0.39 is 23.1 Å². The Labute approximate surface area is 274 Å². The number of ether oxygens (including phenoxy) is 1. The monoisotopic (exact) mass is 650 g/mol. The van der Waals surface area contributed by atoms with Gasteiger partial charge in [0.25, 0.3) is 5.91 Å². The molecule has 0 aliphatic rings. The zero-order valence-corrected chi connectivity index (χ0v) is 26.6. The van der Waals surface area contributed by atoms with Crippen molar-refractivity contribution in [2.24, 2.45) is 0 Å². The Kier molecular flexibility index (Phi) is 10.3. The lowest BCUT2D eigenvalue weighted by atomic mass is 10.0. The molecule has 232 valence electrons. The molecule has 0 aliphatic carbocycles. The molecule has 1 heterocycles. The molecule has 46 heavy (non-hydrogen) atoms. The lowest BCUT2D eigenvalue weighted by molar-refractivity contribution is -0.115. The molecule has 0 radical (unpaired) electrons. The van der Waals surface area contributed by atoms with Gasteiger partial charge in [-0.05, 0) is 55.3 Å². The highest BCUT2D eigenvalue weighted by Crippen LogP contribution is 2.40. The van der Waals surface area contributed by atoms with Crippen LogP contribution in [-0.4, -0.2) is 35.5 Å². The van der Waals surface area contributed by atoms with Crippen LogP contribution in [0.15, 0.2) is 113 Å². The van der Waals surface area contributed by atoms with Gasteiger partial charge in [-0.1, -0.05) is 78.4 Å². The number of carboxylic acid groups (broad SMARTS) is 1. The van der Waals surface area contributed by atoms with Gasteiger partial charge in [0.1, 0.15) is 15.8 Å². The standard InChI is InChI=1S/C36H30N2O6S2/c1-3-44-36(43)30-29(23-18-16-22(2)17-19-23)21-45-34(30)38-33(40)31(24-10-5-4-6-11-24)46-26-13-9-12-25(20-26)37-32(39)27-14-7-8-15-28(27)35(41)42/h4-21,31H,3H2,1-2H3,(H,37,39)(H,38,40)(H,41,42). The Morgan fingerprint density at radius 3 is 2.24 bits per heavy atom. The number of esters is 1. The summed E-state index contributed by atoms with van der Waals surface area (Å²) in [5.41, 5.74) is 4.00. The van der Waals surface area contributed by atoms with E-state index in [0.717, 1.165) is 16.7 Å². The van der Waals surface area contributed by atoms with Crippen molar-refractivity contribution in [1.29, 1.82) is 0 Å². The minimum Gasteiger partial charge on any atom is -0.478 e. The van der Waals surface area contributed by atoms with Crippen LogP contribution in [0.4, 0.5) is 10.7 Å². The zero-order valence-electron chi connectivity index (χ0n) is 25.0. The average Bonchev–Trinajstić information content (AvgIpc) is 3.48. The largest absolute Gasteiger partial charge is 0.478 e. The van der Waals surface area contributed by atoms with E-state index in [9.17, 15) is 24.3 Å². The maximum Gasteiger partial charge on any atom is 0.341 e. The number of rotatable bonds is 11. The Bertz CT molecular complexity index is 1890. The number of amides is 2. The van der Waals surface area contributed by atoms with E-state index in [-0.39, 0.29) is 23.6 Å². The van der Waals surface area contributed by atoms with Gasteiger partial charge in [-0.15, -0.1) is 23.1 Å². The van der Waals surface area contributed by atoms with Crippen molar-refractivity contribution in [3.63, 3.8) is 0 Å². The van der Waals surface area contributed by atoms with Crippen LogP contribution < -0.4 is 10.6 Å². The van der Waals surface area contributed by atoms with Gasteiger partial charge >= 0.3 is 11.9 Å². The van der Waals surface area contributed by atoms with Crippen molar-refractivity contribution in [2.45, 2.75) is 24.0 Å². The predicted octanol–water partition coefficient (Wildman–Crippen LogP) is 8.32. The van der Waals surface area contributed by atoms with Crippen LogP contribution in [0.1, 0.15) is 54.4 Å². The lowest BCUT2D eigenvalue weighted by Gasteiger charge is -2.18. The Balaban J connectivity index is 1.42. The van der Waals surface area contributed by atoms with Crippen LogP contribution in [0.5, 0.6) is 0 Å². The van der Waals surface area contributed by atoms with Crippen molar-refractivity contribution in [1.82, 2.24) is 0 Å². The molecule has 0 fully saturated rings. The molecular weight excluding hydrogens is 621 g/mol. The number of carboxylic acids is 1. The summed E-state index contributed by atoms with van der Waals surface area (Å²) in [6, 6.07) is 30.0. The summed E-state index contributed by atoms with van der Waals surface area (Å²) in [6.45, 7) is 3.91. The summed E-state index contributed by atoms with van der Waals surface area (Å²) < 4.78 is 5.38. The summed E-state index contributed by atoms with van der Waals surface area (Å²) in [6.07, 6.45) is 0. The minimum absolute atomic E-state index is 0.0351. The van der Waals surface area contributed by atoms with Crippen molar-refractivity contribution in [3.8, 4) is 11.1 Å². The van der Waals surface area contributed by atoms with Crippen LogP contribution >= 0.6 is 23.1 Å². The molecule has 0 aliphatic heterocycles. The maximum absolute atomic E-state index is 14.0. The molecule has 1 aromatic heterocycles. The van der Waals surface area contributed by atoms with Crippen LogP contribution in [-0.2, 0) is 9.53 Å². The fraction of sp³-hybridized carbons (Fsp3) is 0.111. The number of thiophene rings is 1. The number of anilines is 2. The number of aryl methyl sites for hydroxylation is 1. The molecule has 5 aromatic rings. The molecular formula is C36H30N2O6S2. The highest BCUT2D eigenvalue weighted by Gasteiger charge is 2.27. The van der Waals surface area contributed by atoms with Gasteiger partial charge in [-0.2, -0.15) is 0 Å². The summed E-state index contributed by atoms with van der Waals surface area (Å²) in [5.74, 6) is -2.63. The predicted molar refractivity (Wildman–Crippen MR) is 182 cm³/mol. The lowest BCUT2D eigenvalue weighted by Crippen LogP contribution is -2.20. The van der Waals surface area contributed by atoms with Crippen LogP contribution in [0, 0.1) is 6.92 Å². The molecule has 0 saturated heterocycles. The molecule has 0 spiro atoms. The topological polar surface area (TPSA) is 122 Å². The normalized spacial score (nSPS) is 11.3. The van der Waals surface area contributed by atoms with Gasteiger partial charge in [0.15, 0.2) is 0 Å². The third kappa shape index (κ3) is 7.53. The van der Waals surface area contributed by atoms with E-state index in [2.05, 4.69) is 10.6 Å². The molecule has 1 unspecified atom stereocenters. The fourth-order valence-electron chi connectivity index (χ4n) is 4.73. The van der Waals surface area contributed by atoms with Gasteiger partial charge in [-0.3, -0.25) is 9.59 Å². The molecule has 8 nitrogen and oxygen atoms in total. The van der Waals surface area contributed by atoms with Gasteiger partial charge < -0.3 is 20.5 Å². The number of hydrogen-bond acceptors (Lipinski definition) is 7. The highest BCUT2D eigenvalue weighted by molar-refractivity contribution is 8.00. The van der Waals surface area contributed by atoms with Crippen molar-refractivity contribution in [3.05, 3.63) is 136 Å². The number of hydrogen-bond donors (Lipinski definition) is 3. The number of nitrogens with one attached hydrogen (secondary N) is 2. The Morgan fingerprint density at radius 2 is 1.54 bits per heavy atom. The van der Waals surface area contributed by atoms with Gasteiger partial charge in [0, 0.05) is 21.5 Å². The van der Waals surface area contributed by atoms with Gasteiger partial charge in [0.05, 0.1) is 17.7 Å². The first-order valence-corrected chi connectivity index (χ1v) is 16.1. The smallest absolute Gasteiger partial charge is 0.341 e. The highest BCUT2D eigenvalue weighted by atomic mass is 32.2. The number of carbonyl (C=O) groups is 4. The number of thioether (sulfide) groups is 1. The average molecular weight is 651 g/mol. The van der Waals surface area contributed by atoms with Gasteiger partial charge in [0.2, 0.25) is 5.91 Å². The van der Waals surface area contributed by atoms with E-state index in [4.69, 9.17) is 4.74 Å². The molecule has 0 saturated carbocycles. The van der Waals surface area contributed by atoms with E-state index in [1.807, 2.05) is 73.0 Å². The minimum atomic E-state index is -1.20. The van der Waals surface area contributed by atoms with Gasteiger partial charge in [-0.25, -0.2) is 9.59 Å². The Morgan fingerprint density at radius 1 is 0.848 bits per heavy atom. The van der Waals surface area contributed by atoms with E-state index >= 15 is 0 Å².